The number of rotatable bonds is 8. The molecule has 1 saturated carbocycles. The largest absolute Gasteiger partial charge is 0.480 e. The van der Waals surface area contributed by atoms with E-state index in [0.717, 1.165) is 0 Å². The first-order valence-electron chi connectivity index (χ1n) is 6.14. The molecule has 5 nitrogen and oxygen atoms in total. The molecular formula is C12H21NO4. The van der Waals surface area contributed by atoms with Gasteiger partial charge in [0.1, 0.15) is 12.6 Å². The summed E-state index contributed by atoms with van der Waals surface area (Å²) < 4.78 is 5.21. The van der Waals surface area contributed by atoms with Crippen molar-refractivity contribution in [3.8, 4) is 0 Å². The summed E-state index contributed by atoms with van der Waals surface area (Å²) in [5.74, 6) is -0.819. The second-order valence-electron chi connectivity index (χ2n) is 4.73. The van der Waals surface area contributed by atoms with Gasteiger partial charge < -0.3 is 15.2 Å². The Morgan fingerprint density at radius 2 is 2.12 bits per heavy atom. The van der Waals surface area contributed by atoms with Crippen molar-refractivity contribution >= 4 is 11.9 Å². The van der Waals surface area contributed by atoms with Crippen LogP contribution in [0.5, 0.6) is 0 Å². The molecule has 0 heterocycles. The number of carboxylic acids is 1. The third-order valence-electron chi connectivity index (χ3n) is 3.08. The first-order chi connectivity index (χ1) is 8.04. The molecule has 0 unspecified atom stereocenters. The van der Waals surface area contributed by atoms with Crippen LogP contribution in [-0.4, -0.2) is 36.2 Å². The normalized spacial score (nSPS) is 18.5. The van der Waals surface area contributed by atoms with Crippen LogP contribution in [-0.2, 0) is 14.3 Å². The lowest BCUT2D eigenvalue weighted by Gasteiger charge is -2.20. The highest BCUT2D eigenvalue weighted by Crippen LogP contribution is 2.28. The monoisotopic (exact) mass is 243 g/mol. The Bertz CT molecular complexity index is 276. The molecule has 0 aromatic heterocycles. The number of carbonyl (C=O) groups is 2. The molecule has 0 aromatic rings. The van der Waals surface area contributed by atoms with Crippen LogP contribution < -0.4 is 5.32 Å². The number of nitrogens with one attached hydrogen (secondary N) is 1. The number of aliphatic carboxylic acids is 1. The third kappa shape index (κ3) is 5.17. The molecule has 1 rings (SSSR count). The topological polar surface area (TPSA) is 75.6 Å². The van der Waals surface area contributed by atoms with E-state index in [1.165, 1.54) is 12.8 Å². The van der Waals surface area contributed by atoms with Gasteiger partial charge in [0.05, 0.1) is 6.61 Å². The van der Waals surface area contributed by atoms with Crippen molar-refractivity contribution in [2.75, 3.05) is 13.2 Å². The molecule has 0 radical (unpaired) electrons. The van der Waals surface area contributed by atoms with Gasteiger partial charge in [-0.2, -0.15) is 0 Å². The maximum Gasteiger partial charge on any atom is 0.326 e. The Balaban J connectivity index is 2.26. The summed E-state index contributed by atoms with van der Waals surface area (Å²) >= 11 is 0. The molecule has 0 spiro atoms. The third-order valence-corrected chi connectivity index (χ3v) is 3.08. The number of carbonyl (C=O) groups excluding carboxylic acids is 1. The lowest BCUT2D eigenvalue weighted by molar-refractivity contribution is -0.144. The second-order valence-corrected chi connectivity index (χ2v) is 4.73. The quantitative estimate of drug-likeness (QED) is 0.667. The van der Waals surface area contributed by atoms with Crippen molar-refractivity contribution in [1.29, 1.82) is 0 Å². The van der Waals surface area contributed by atoms with Gasteiger partial charge in [0.15, 0.2) is 0 Å². The van der Waals surface area contributed by atoms with Gasteiger partial charge in [0.2, 0.25) is 5.91 Å². The second kappa shape index (κ2) is 6.59. The summed E-state index contributed by atoms with van der Waals surface area (Å²) in [5, 5.41) is 11.5. The molecule has 1 aliphatic rings. The van der Waals surface area contributed by atoms with E-state index in [1.54, 1.807) is 0 Å². The number of carboxylic acid groups (broad SMARTS) is 1. The van der Waals surface area contributed by atoms with Crippen molar-refractivity contribution in [1.82, 2.24) is 5.32 Å². The Kier molecular flexibility index (Phi) is 5.41. The fourth-order valence-electron chi connectivity index (χ4n) is 1.50. The molecule has 1 amide bonds. The molecule has 2 atom stereocenters. The maximum absolute atomic E-state index is 11.5. The van der Waals surface area contributed by atoms with Gasteiger partial charge in [0.25, 0.3) is 0 Å². The van der Waals surface area contributed by atoms with Gasteiger partial charge in [-0.15, -0.1) is 0 Å². The lowest BCUT2D eigenvalue weighted by atomic mass is 9.99. The molecule has 2 N–H and O–H groups in total. The van der Waals surface area contributed by atoms with E-state index in [0.29, 0.717) is 18.9 Å². The van der Waals surface area contributed by atoms with Gasteiger partial charge in [-0.25, -0.2) is 4.79 Å². The van der Waals surface area contributed by atoms with Crippen LogP contribution in [0.1, 0.15) is 33.1 Å². The highest BCUT2D eigenvalue weighted by atomic mass is 16.5. The predicted octanol–water partition coefficient (Wildman–Crippen LogP) is 1.03. The van der Waals surface area contributed by atoms with Crippen LogP contribution in [0.4, 0.5) is 0 Å². The van der Waals surface area contributed by atoms with E-state index >= 15 is 0 Å². The Morgan fingerprint density at radius 3 is 2.59 bits per heavy atom. The smallest absolute Gasteiger partial charge is 0.326 e. The zero-order chi connectivity index (χ0) is 12.8. The Labute approximate surface area is 102 Å². The summed E-state index contributed by atoms with van der Waals surface area (Å²) in [6.45, 7) is 4.27. The predicted molar refractivity (Wildman–Crippen MR) is 62.6 cm³/mol. The van der Waals surface area contributed by atoms with E-state index in [2.05, 4.69) is 5.32 Å². The Morgan fingerprint density at radius 1 is 1.47 bits per heavy atom. The first kappa shape index (κ1) is 14.0. The molecule has 0 bridgehead atoms. The van der Waals surface area contributed by atoms with Crippen LogP contribution in [0.2, 0.25) is 0 Å². The Hall–Kier alpha value is -1.10. The molecule has 1 fully saturated rings. The maximum atomic E-state index is 11.5. The molecule has 17 heavy (non-hydrogen) atoms. The summed E-state index contributed by atoms with van der Waals surface area (Å²) in [7, 11) is 0. The van der Waals surface area contributed by atoms with Gasteiger partial charge in [0, 0.05) is 0 Å². The van der Waals surface area contributed by atoms with Gasteiger partial charge in [-0.1, -0.05) is 20.3 Å². The molecule has 0 aromatic carbocycles. The van der Waals surface area contributed by atoms with Crippen LogP contribution in [0, 0.1) is 11.8 Å². The average Bonchev–Trinajstić information content (AvgIpc) is 3.08. The van der Waals surface area contributed by atoms with E-state index in [4.69, 9.17) is 9.84 Å². The minimum atomic E-state index is -0.991. The number of ether oxygens (including phenoxy) is 1. The molecule has 0 saturated heterocycles. The first-order valence-corrected chi connectivity index (χ1v) is 6.14. The van der Waals surface area contributed by atoms with Crippen LogP contribution in [0.15, 0.2) is 0 Å². The number of hydrogen-bond donors (Lipinski definition) is 2. The molecular weight excluding hydrogens is 222 g/mol. The summed E-state index contributed by atoms with van der Waals surface area (Å²) in [6, 6.07) is -0.822. The van der Waals surface area contributed by atoms with Crippen LogP contribution in [0.25, 0.3) is 0 Å². The zero-order valence-electron chi connectivity index (χ0n) is 10.4. The van der Waals surface area contributed by atoms with E-state index in [-0.39, 0.29) is 18.4 Å². The van der Waals surface area contributed by atoms with Crippen molar-refractivity contribution < 1.29 is 19.4 Å². The number of hydrogen-bond acceptors (Lipinski definition) is 3. The standard InChI is InChI=1S/C12H21NO4/c1-3-8(2)11(12(15)16)13-10(14)7-17-6-9-4-5-9/h8-9,11H,3-7H2,1-2H3,(H,13,14)(H,15,16)/t8-,11-/m0/s1. The molecule has 0 aliphatic heterocycles. The molecule has 1 aliphatic carbocycles. The van der Waals surface area contributed by atoms with Crippen molar-refractivity contribution in [3.63, 3.8) is 0 Å². The molecule has 5 heteroatoms. The van der Waals surface area contributed by atoms with Crippen molar-refractivity contribution in [3.05, 3.63) is 0 Å². The summed E-state index contributed by atoms with van der Waals surface area (Å²) in [4.78, 5) is 22.5. The minimum absolute atomic E-state index is 0.0449. The van der Waals surface area contributed by atoms with Crippen molar-refractivity contribution in [2.24, 2.45) is 11.8 Å². The highest BCUT2D eigenvalue weighted by molar-refractivity contribution is 5.84. The summed E-state index contributed by atoms with van der Waals surface area (Å²) in [6.07, 6.45) is 3.05. The fraction of sp³-hybridized carbons (Fsp3) is 0.833. The van der Waals surface area contributed by atoms with Gasteiger partial charge >= 0.3 is 5.97 Å². The SMILES string of the molecule is CC[C@H](C)[C@H](NC(=O)COCC1CC1)C(=O)O. The van der Waals surface area contributed by atoms with E-state index in [9.17, 15) is 9.59 Å². The van der Waals surface area contributed by atoms with Crippen LogP contribution in [0.3, 0.4) is 0 Å². The van der Waals surface area contributed by atoms with Crippen molar-refractivity contribution in [2.45, 2.75) is 39.2 Å². The number of amides is 1. The molecule has 98 valence electrons. The van der Waals surface area contributed by atoms with Gasteiger partial charge in [-0.3, -0.25) is 4.79 Å². The summed E-state index contributed by atoms with van der Waals surface area (Å²) in [5.41, 5.74) is 0. The van der Waals surface area contributed by atoms with Gasteiger partial charge in [-0.05, 0) is 24.7 Å². The fourth-order valence-corrected chi connectivity index (χ4v) is 1.50. The highest BCUT2D eigenvalue weighted by Gasteiger charge is 2.26. The average molecular weight is 243 g/mol. The van der Waals surface area contributed by atoms with E-state index in [1.807, 2.05) is 13.8 Å². The van der Waals surface area contributed by atoms with Crippen LogP contribution >= 0.6 is 0 Å². The lowest BCUT2D eigenvalue weighted by Crippen LogP contribution is -2.46. The van der Waals surface area contributed by atoms with E-state index < -0.39 is 12.0 Å². The zero-order valence-corrected chi connectivity index (χ0v) is 10.4. The minimum Gasteiger partial charge on any atom is -0.480 e.